The lowest BCUT2D eigenvalue weighted by molar-refractivity contribution is 0.0743. The van der Waals surface area contributed by atoms with Crippen LogP contribution in [0.5, 0.6) is 5.88 Å². The Hall–Kier alpha value is -2.97. The molecule has 2 aromatic heterocycles. The average molecular weight is 344 g/mol. The number of H-pyrrole nitrogens is 1. The molecule has 9 heteroatoms. The lowest BCUT2D eigenvalue weighted by Crippen LogP contribution is -2.50. The highest BCUT2D eigenvalue weighted by atomic mass is 16.5. The van der Waals surface area contributed by atoms with Crippen molar-refractivity contribution in [1.82, 2.24) is 25.1 Å². The highest BCUT2D eigenvalue weighted by molar-refractivity contribution is 5.95. The summed E-state index contributed by atoms with van der Waals surface area (Å²) in [5.41, 5.74) is 0.976. The van der Waals surface area contributed by atoms with E-state index in [0.717, 1.165) is 0 Å². The van der Waals surface area contributed by atoms with Gasteiger partial charge in [-0.1, -0.05) is 0 Å². The lowest BCUT2D eigenvalue weighted by Gasteiger charge is -2.34. The van der Waals surface area contributed by atoms with Crippen molar-refractivity contribution in [1.29, 1.82) is 0 Å². The van der Waals surface area contributed by atoms with Gasteiger partial charge in [0.1, 0.15) is 5.56 Å². The summed E-state index contributed by atoms with van der Waals surface area (Å²) in [5, 5.41) is 6.27. The number of methoxy groups -OCH3 is 1. The molecule has 0 bridgehead atoms. The number of aromatic nitrogens is 4. The minimum absolute atomic E-state index is 0.165. The van der Waals surface area contributed by atoms with Gasteiger partial charge in [-0.15, -0.1) is 0 Å². The number of nitrogens with one attached hydrogen (secondary N) is 1. The van der Waals surface area contributed by atoms with E-state index in [4.69, 9.17) is 4.74 Å². The number of carbonyl (C=O) groups is 1. The molecule has 1 aliphatic heterocycles. The molecule has 1 saturated heterocycles. The summed E-state index contributed by atoms with van der Waals surface area (Å²) in [5.74, 6) is 0.800. The van der Waals surface area contributed by atoms with Crippen LogP contribution in [-0.2, 0) is 0 Å². The molecule has 0 aromatic carbocycles. The van der Waals surface area contributed by atoms with E-state index < -0.39 is 5.56 Å². The van der Waals surface area contributed by atoms with E-state index in [-0.39, 0.29) is 11.5 Å². The van der Waals surface area contributed by atoms with E-state index in [1.54, 1.807) is 38.1 Å². The van der Waals surface area contributed by atoms with Crippen LogP contribution < -0.4 is 15.2 Å². The summed E-state index contributed by atoms with van der Waals surface area (Å²) in [6.45, 7) is 5.64. The fourth-order valence-corrected chi connectivity index (χ4v) is 2.75. The summed E-state index contributed by atoms with van der Waals surface area (Å²) in [6, 6.07) is 1.68. The fraction of sp³-hybridized carbons (Fsp3) is 0.438. The van der Waals surface area contributed by atoms with Crippen molar-refractivity contribution >= 4 is 11.9 Å². The first-order valence-corrected chi connectivity index (χ1v) is 7.98. The van der Waals surface area contributed by atoms with E-state index >= 15 is 0 Å². The Morgan fingerprint density at radius 3 is 2.64 bits per heavy atom. The van der Waals surface area contributed by atoms with Gasteiger partial charge in [0.15, 0.2) is 0 Å². The molecule has 25 heavy (non-hydrogen) atoms. The maximum Gasteiger partial charge on any atom is 0.277 e. The molecule has 2 aromatic rings. The van der Waals surface area contributed by atoms with Crippen molar-refractivity contribution in [3.63, 3.8) is 0 Å². The quantitative estimate of drug-likeness (QED) is 0.845. The molecule has 0 atom stereocenters. The Labute approximate surface area is 144 Å². The van der Waals surface area contributed by atoms with Crippen LogP contribution in [0.15, 0.2) is 17.1 Å². The number of nitrogens with zero attached hydrogens (tertiary/aromatic N) is 5. The summed E-state index contributed by atoms with van der Waals surface area (Å²) < 4.78 is 5.11. The SMILES string of the molecule is COc1ccnc(N2CCN(C(=O)c3c(C)c(C)n[nH]c3=O)CC2)n1. The number of carbonyl (C=O) groups excluding carboxylic acids is 1. The van der Waals surface area contributed by atoms with Crippen LogP contribution in [0.3, 0.4) is 0 Å². The van der Waals surface area contributed by atoms with Crippen LogP contribution >= 0.6 is 0 Å². The zero-order valence-corrected chi connectivity index (χ0v) is 14.4. The van der Waals surface area contributed by atoms with Gasteiger partial charge in [-0.3, -0.25) is 9.59 Å². The third-order valence-electron chi connectivity index (χ3n) is 4.36. The van der Waals surface area contributed by atoms with E-state index in [0.29, 0.717) is 49.3 Å². The Morgan fingerprint density at radius 1 is 1.24 bits per heavy atom. The highest BCUT2D eigenvalue weighted by Gasteiger charge is 2.27. The van der Waals surface area contributed by atoms with Crippen LogP contribution in [0.1, 0.15) is 21.6 Å². The fourth-order valence-electron chi connectivity index (χ4n) is 2.75. The smallest absolute Gasteiger partial charge is 0.277 e. The molecule has 0 spiro atoms. The summed E-state index contributed by atoms with van der Waals surface area (Å²) in [6.07, 6.45) is 1.64. The number of hydrogen-bond acceptors (Lipinski definition) is 7. The largest absolute Gasteiger partial charge is 0.481 e. The molecule has 3 rings (SSSR count). The number of amides is 1. The first-order chi connectivity index (χ1) is 12.0. The number of anilines is 1. The van der Waals surface area contributed by atoms with Crippen LogP contribution in [-0.4, -0.2) is 64.3 Å². The maximum absolute atomic E-state index is 12.7. The van der Waals surface area contributed by atoms with Crippen LogP contribution in [0.25, 0.3) is 0 Å². The molecule has 9 nitrogen and oxygen atoms in total. The van der Waals surface area contributed by atoms with Gasteiger partial charge in [0.2, 0.25) is 11.8 Å². The highest BCUT2D eigenvalue weighted by Crippen LogP contribution is 2.16. The Balaban J connectivity index is 1.73. The summed E-state index contributed by atoms with van der Waals surface area (Å²) >= 11 is 0. The normalized spacial score (nSPS) is 14.5. The molecule has 0 unspecified atom stereocenters. The van der Waals surface area contributed by atoms with Crippen LogP contribution in [0.2, 0.25) is 0 Å². The predicted octanol–water partition coefficient (Wildman–Crippen LogP) is 0.148. The number of aryl methyl sites for hydroxylation is 1. The summed E-state index contributed by atoms with van der Waals surface area (Å²) in [4.78, 5) is 37.0. The second kappa shape index (κ2) is 6.88. The number of aromatic amines is 1. The topological polar surface area (TPSA) is 104 Å². The second-order valence-corrected chi connectivity index (χ2v) is 5.82. The Kier molecular flexibility index (Phi) is 4.64. The third-order valence-corrected chi connectivity index (χ3v) is 4.36. The van der Waals surface area contributed by atoms with Crippen LogP contribution in [0.4, 0.5) is 5.95 Å². The monoisotopic (exact) mass is 344 g/mol. The van der Waals surface area contributed by atoms with E-state index in [1.807, 2.05) is 4.90 Å². The molecular formula is C16H20N6O3. The van der Waals surface area contributed by atoms with Crippen molar-refractivity contribution in [3.05, 3.63) is 39.4 Å². The standard InChI is InChI=1S/C16H20N6O3/c1-10-11(2)19-20-14(23)13(10)15(24)21-6-8-22(9-7-21)16-17-5-4-12(18-16)25-3/h4-5H,6-9H2,1-3H3,(H,20,23). The molecule has 1 N–H and O–H groups in total. The van der Waals surface area contributed by atoms with Gasteiger partial charge in [0, 0.05) is 38.4 Å². The lowest BCUT2D eigenvalue weighted by atomic mass is 10.1. The molecule has 1 amide bonds. The van der Waals surface area contributed by atoms with E-state index in [9.17, 15) is 9.59 Å². The third kappa shape index (κ3) is 3.30. The van der Waals surface area contributed by atoms with Crippen LogP contribution in [0, 0.1) is 13.8 Å². The second-order valence-electron chi connectivity index (χ2n) is 5.82. The zero-order chi connectivity index (χ0) is 18.0. The number of piperazine rings is 1. The molecule has 132 valence electrons. The Bertz CT molecular complexity index is 842. The van der Waals surface area contributed by atoms with Gasteiger partial charge in [-0.2, -0.15) is 10.1 Å². The van der Waals surface area contributed by atoms with Crippen molar-refractivity contribution in [2.45, 2.75) is 13.8 Å². The van der Waals surface area contributed by atoms with Gasteiger partial charge in [0.25, 0.3) is 11.5 Å². The minimum Gasteiger partial charge on any atom is -0.481 e. The molecule has 1 aliphatic rings. The van der Waals surface area contributed by atoms with Crippen molar-refractivity contribution in [2.75, 3.05) is 38.2 Å². The Morgan fingerprint density at radius 2 is 1.96 bits per heavy atom. The molecule has 0 saturated carbocycles. The average Bonchev–Trinajstić information content (AvgIpc) is 2.65. The number of hydrogen-bond donors (Lipinski definition) is 1. The summed E-state index contributed by atoms with van der Waals surface area (Å²) in [7, 11) is 1.55. The maximum atomic E-state index is 12.7. The molecule has 0 aliphatic carbocycles. The van der Waals surface area contributed by atoms with Crippen molar-refractivity contribution in [2.24, 2.45) is 0 Å². The van der Waals surface area contributed by atoms with Crippen molar-refractivity contribution in [3.8, 4) is 5.88 Å². The zero-order valence-electron chi connectivity index (χ0n) is 14.4. The van der Waals surface area contributed by atoms with E-state index in [1.165, 1.54) is 0 Å². The first-order valence-electron chi connectivity index (χ1n) is 7.98. The van der Waals surface area contributed by atoms with Crippen molar-refractivity contribution < 1.29 is 9.53 Å². The van der Waals surface area contributed by atoms with Gasteiger partial charge < -0.3 is 14.5 Å². The first kappa shape index (κ1) is 16.9. The van der Waals surface area contributed by atoms with Gasteiger partial charge in [0.05, 0.1) is 12.8 Å². The van der Waals surface area contributed by atoms with E-state index in [2.05, 4.69) is 20.2 Å². The molecule has 0 radical (unpaired) electrons. The molecular weight excluding hydrogens is 324 g/mol. The molecule has 1 fully saturated rings. The van der Waals surface area contributed by atoms with Gasteiger partial charge in [-0.25, -0.2) is 10.1 Å². The minimum atomic E-state index is -0.452. The van der Waals surface area contributed by atoms with Gasteiger partial charge >= 0.3 is 0 Å². The number of rotatable bonds is 3. The number of ether oxygens (including phenoxy) is 1. The molecule has 3 heterocycles. The predicted molar refractivity (Wildman–Crippen MR) is 91.0 cm³/mol. The van der Waals surface area contributed by atoms with Gasteiger partial charge in [-0.05, 0) is 19.4 Å².